The topological polar surface area (TPSA) is 77.6 Å². The smallest absolute Gasteiger partial charge is 0.343 e. The molecule has 146 valence electrons. The van der Waals surface area contributed by atoms with Gasteiger partial charge in [0.05, 0.1) is 20.8 Å². The molecule has 0 radical (unpaired) electrons. The first kappa shape index (κ1) is 19.5. The van der Waals surface area contributed by atoms with E-state index in [0.29, 0.717) is 17.3 Å². The van der Waals surface area contributed by atoms with E-state index in [2.05, 4.69) is 4.98 Å². The Labute approximate surface area is 163 Å². The Hall–Kier alpha value is -3.28. The van der Waals surface area contributed by atoms with E-state index in [1.807, 2.05) is 36.4 Å². The van der Waals surface area contributed by atoms with E-state index in [1.54, 1.807) is 21.1 Å². The maximum absolute atomic E-state index is 12.7. The van der Waals surface area contributed by atoms with Crippen molar-refractivity contribution in [2.24, 2.45) is 0 Å². The maximum Gasteiger partial charge on any atom is 0.343 e. The third kappa shape index (κ3) is 4.01. The first-order chi connectivity index (χ1) is 13.6. The minimum atomic E-state index is -0.614. The van der Waals surface area contributed by atoms with Crippen molar-refractivity contribution in [3.8, 4) is 11.5 Å². The number of fused-ring (bicyclic) bond motifs is 1. The van der Waals surface area contributed by atoms with Crippen LogP contribution in [0.15, 0.2) is 47.4 Å². The quantitative estimate of drug-likeness (QED) is 0.634. The predicted octanol–water partition coefficient (Wildman–Crippen LogP) is 3.51. The van der Waals surface area contributed by atoms with Crippen molar-refractivity contribution in [2.75, 3.05) is 20.8 Å². The molecule has 0 saturated heterocycles. The largest absolute Gasteiger partial charge is 0.497 e. The van der Waals surface area contributed by atoms with E-state index >= 15 is 0 Å². The zero-order valence-corrected chi connectivity index (χ0v) is 16.2. The van der Waals surface area contributed by atoms with Crippen molar-refractivity contribution >= 4 is 16.9 Å². The number of methoxy groups -OCH3 is 2. The van der Waals surface area contributed by atoms with Crippen LogP contribution >= 0.6 is 0 Å². The Bertz CT molecular complexity index is 1050. The van der Waals surface area contributed by atoms with Gasteiger partial charge in [-0.2, -0.15) is 0 Å². The van der Waals surface area contributed by atoms with Crippen molar-refractivity contribution < 1.29 is 19.0 Å². The van der Waals surface area contributed by atoms with Crippen LogP contribution in [-0.2, 0) is 17.6 Å². The van der Waals surface area contributed by atoms with Crippen molar-refractivity contribution in [3.05, 3.63) is 69.5 Å². The molecule has 3 rings (SSSR count). The van der Waals surface area contributed by atoms with E-state index in [-0.39, 0.29) is 17.6 Å². The van der Waals surface area contributed by atoms with Gasteiger partial charge in [0, 0.05) is 17.1 Å². The van der Waals surface area contributed by atoms with Crippen molar-refractivity contribution in [3.63, 3.8) is 0 Å². The van der Waals surface area contributed by atoms with E-state index in [9.17, 15) is 9.59 Å². The van der Waals surface area contributed by atoms with Crippen LogP contribution in [0.5, 0.6) is 11.5 Å². The number of aryl methyl sites for hydroxylation is 2. The Morgan fingerprint density at radius 3 is 2.57 bits per heavy atom. The summed E-state index contributed by atoms with van der Waals surface area (Å²) in [6.45, 7) is 1.93. The third-order valence-corrected chi connectivity index (χ3v) is 4.61. The number of esters is 1. The van der Waals surface area contributed by atoms with Gasteiger partial charge in [-0.15, -0.1) is 0 Å². The lowest BCUT2D eigenvalue weighted by molar-refractivity contribution is 0.0524. The Morgan fingerprint density at radius 2 is 1.86 bits per heavy atom. The molecule has 1 heterocycles. The van der Waals surface area contributed by atoms with Crippen molar-refractivity contribution in [1.29, 1.82) is 0 Å². The third-order valence-electron chi connectivity index (χ3n) is 4.61. The number of H-pyrrole nitrogens is 1. The highest BCUT2D eigenvalue weighted by Gasteiger charge is 2.14. The molecule has 2 aromatic carbocycles. The van der Waals surface area contributed by atoms with Crippen LogP contribution in [0, 0.1) is 0 Å². The van der Waals surface area contributed by atoms with Crippen LogP contribution in [0.2, 0.25) is 0 Å². The second-order valence-electron chi connectivity index (χ2n) is 6.31. The van der Waals surface area contributed by atoms with Gasteiger partial charge in [-0.3, -0.25) is 4.79 Å². The highest BCUT2D eigenvalue weighted by atomic mass is 16.5. The number of nitrogens with one attached hydrogen (secondary N) is 1. The maximum atomic E-state index is 12.7. The lowest BCUT2D eigenvalue weighted by Crippen LogP contribution is -2.18. The van der Waals surface area contributed by atoms with Gasteiger partial charge in [-0.25, -0.2) is 4.79 Å². The zero-order valence-electron chi connectivity index (χ0n) is 16.2. The molecule has 6 heteroatoms. The first-order valence-corrected chi connectivity index (χ1v) is 9.09. The molecule has 0 atom stereocenters. The summed E-state index contributed by atoms with van der Waals surface area (Å²) < 4.78 is 15.7. The summed E-state index contributed by atoms with van der Waals surface area (Å²) in [5, 5.41) is 0.473. The molecule has 0 spiro atoms. The van der Waals surface area contributed by atoms with Crippen LogP contribution in [0.4, 0.5) is 0 Å². The second kappa shape index (κ2) is 8.61. The van der Waals surface area contributed by atoms with Gasteiger partial charge in [-0.05, 0) is 61.2 Å². The Balaban J connectivity index is 1.89. The monoisotopic (exact) mass is 381 g/mol. The number of pyridine rings is 1. The molecular formula is C22H23NO5. The average molecular weight is 381 g/mol. The summed E-state index contributed by atoms with van der Waals surface area (Å²) in [7, 11) is 3.26. The van der Waals surface area contributed by atoms with Gasteiger partial charge < -0.3 is 19.2 Å². The molecule has 0 aliphatic rings. The highest BCUT2D eigenvalue weighted by molar-refractivity contribution is 5.93. The number of ether oxygens (including phenoxy) is 3. The Morgan fingerprint density at radius 1 is 1.04 bits per heavy atom. The average Bonchev–Trinajstić information content (AvgIpc) is 2.72. The summed E-state index contributed by atoms with van der Waals surface area (Å²) in [6.07, 6.45) is 2.84. The fourth-order valence-corrected chi connectivity index (χ4v) is 3.14. The van der Waals surface area contributed by atoms with Gasteiger partial charge >= 0.3 is 5.97 Å². The summed E-state index contributed by atoms with van der Waals surface area (Å²) in [5.41, 5.74) is 2.38. The molecule has 0 fully saturated rings. The summed E-state index contributed by atoms with van der Waals surface area (Å²) in [5.74, 6) is 0.950. The van der Waals surface area contributed by atoms with Crippen LogP contribution in [0.3, 0.4) is 0 Å². The summed E-state index contributed by atoms with van der Waals surface area (Å²) >= 11 is 0. The molecule has 0 unspecified atom stereocenters. The summed E-state index contributed by atoms with van der Waals surface area (Å²) in [6, 6.07) is 11.3. The van der Waals surface area contributed by atoms with E-state index in [4.69, 9.17) is 14.2 Å². The summed E-state index contributed by atoms with van der Waals surface area (Å²) in [4.78, 5) is 27.7. The van der Waals surface area contributed by atoms with Crippen LogP contribution in [0.25, 0.3) is 10.9 Å². The van der Waals surface area contributed by atoms with E-state index < -0.39 is 5.97 Å². The minimum absolute atomic E-state index is 0.0148. The molecule has 1 N–H and O–H groups in total. The molecule has 0 bridgehead atoms. The number of benzene rings is 2. The lowest BCUT2D eigenvalue weighted by Gasteiger charge is -2.11. The van der Waals surface area contributed by atoms with Gasteiger partial charge in [-0.1, -0.05) is 6.07 Å². The molecule has 3 aromatic rings. The molecule has 6 nitrogen and oxygen atoms in total. The van der Waals surface area contributed by atoms with Crippen molar-refractivity contribution in [2.45, 2.75) is 19.8 Å². The molecule has 1 aromatic heterocycles. The standard InChI is InChI=1S/C22H23NO5/c1-4-28-22(25)18-13-23-19-9-6-14(11-17(19)21(18)24)5-7-15-12-16(26-2)8-10-20(15)27-3/h6,8-13H,4-5,7H2,1-3H3,(H,23,24). The molecule has 0 aliphatic carbocycles. The number of carbonyl (C=O) groups is 1. The predicted molar refractivity (Wildman–Crippen MR) is 107 cm³/mol. The molecule has 28 heavy (non-hydrogen) atoms. The van der Waals surface area contributed by atoms with Crippen LogP contribution < -0.4 is 14.9 Å². The van der Waals surface area contributed by atoms with Crippen LogP contribution in [0.1, 0.15) is 28.4 Å². The van der Waals surface area contributed by atoms with Gasteiger partial charge in [0.1, 0.15) is 17.1 Å². The first-order valence-electron chi connectivity index (χ1n) is 9.09. The van der Waals surface area contributed by atoms with Crippen molar-refractivity contribution in [1.82, 2.24) is 4.98 Å². The minimum Gasteiger partial charge on any atom is -0.497 e. The van der Waals surface area contributed by atoms with Gasteiger partial charge in [0.25, 0.3) is 0 Å². The molecular weight excluding hydrogens is 358 g/mol. The van der Waals surface area contributed by atoms with Gasteiger partial charge in [0.15, 0.2) is 0 Å². The fraction of sp³-hybridized carbons (Fsp3) is 0.273. The number of hydrogen-bond acceptors (Lipinski definition) is 5. The normalized spacial score (nSPS) is 10.7. The van der Waals surface area contributed by atoms with E-state index in [0.717, 1.165) is 29.0 Å². The number of aromatic nitrogens is 1. The highest BCUT2D eigenvalue weighted by Crippen LogP contribution is 2.25. The number of aromatic amines is 1. The zero-order chi connectivity index (χ0) is 20.1. The van der Waals surface area contributed by atoms with Crippen LogP contribution in [-0.4, -0.2) is 31.8 Å². The second-order valence-corrected chi connectivity index (χ2v) is 6.31. The fourth-order valence-electron chi connectivity index (χ4n) is 3.14. The number of hydrogen-bond donors (Lipinski definition) is 1. The number of carbonyl (C=O) groups excluding carboxylic acids is 1. The van der Waals surface area contributed by atoms with Gasteiger partial charge in [0.2, 0.25) is 5.43 Å². The SMILES string of the molecule is CCOC(=O)c1c[nH]c2ccc(CCc3cc(OC)ccc3OC)cc2c1=O. The Kier molecular flexibility index (Phi) is 5.99. The molecule has 0 aliphatic heterocycles. The van der Waals surface area contributed by atoms with E-state index in [1.165, 1.54) is 6.20 Å². The molecule has 0 amide bonds. The lowest BCUT2D eigenvalue weighted by atomic mass is 10.0. The molecule has 0 saturated carbocycles. The number of rotatable bonds is 7.